The number of fused-ring (bicyclic) bond motifs is 3. The van der Waals surface area contributed by atoms with E-state index in [1.54, 1.807) is 0 Å². The predicted octanol–water partition coefficient (Wildman–Crippen LogP) is 8.64. The number of unbranched alkanes of at least 4 members (excludes halogenated alkanes) is 18. The molecule has 33 heavy (non-hydrogen) atoms. The molecule has 0 N–H and O–H groups in total. The summed E-state index contributed by atoms with van der Waals surface area (Å²) < 4.78 is 21.8. The molecule has 0 aromatic carbocycles. The van der Waals surface area contributed by atoms with Gasteiger partial charge >= 0.3 is 14.6 Å². The summed E-state index contributed by atoms with van der Waals surface area (Å²) in [6.45, 7) is 4.35. The average molecular weight is 487 g/mol. The zero-order valence-electron chi connectivity index (χ0n) is 21.5. The maximum absolute atomic E-state index is 12.0. The van der Waals surface area contributed by atoms with Gasteiger partial charge in [0.2, 0.25) is 0 Å². The van der Waals surface area contributed by atoms with Crippen LogP contribution in [0.5, 0.6) is 0 Å². The highest BCUT2D eigenvalue weighted by Gasteiger charge is 2.45. The van der Waals surface area contributed by atoms with Crippen LogP contribution in [0.2, 0.25) is 0 Å². The van der Waals surface area contributed by atoms with Crippen molar-refractivity contribution in [2.75, 3.05) is 26.4 Å². The summed E-state index contributed by atoms with van der Waals surface area (Å²) in [5.41, 5.74) is -0.291. The van der Waals surface area contributed by atoms with Gasteiger partial charge in [-0.15, -0.1) is 0 Å². The fourth-order valence-corrected chi connectivity index (χ4v) is 5.95. The van der Waals surface area contributed by atoms with Gasteiger partial charge in [0.05, 0.1) is 25.2 Å². The molecule has 194 valence electrons. The Morgan fingerprint density at radius 2 is 1.00 bits per heavy atom. The van der Waals surface area contributed by atoms with Crippen molar-refractivity contribution in [1.82, 2.24) is 0 Å². The first kappa shape index (κ1) is 29.0. The fourth-order valence-electron chi connectivity index (χ4n) is 4.58. The smallest absolute Gasteiger partial charge is 0.332 e. The number of carbonyl (C=O) groups excluding carboxylic acids is 1. The van der Waals surface area contributed by atoms with E-state index >= 15 is 0 Å². The van der Waals surface area contributed by atoms with E-state index in [-0.39, 0.29) is 11.4 Å². The zero-order chi connectivity index (χ0) is 23.5. The van der Waals surface area contributed by atoms with Crippen LogP contribution < -0.4 is 0 Å². The molecule has 0 spiro atoms. The van der Waals surface area contributed by atoms with Gasteiger partial charge < -0.3 is 18.3 Å². The van der Waals surface area contributed by atoms with E-state index in [1.807, 2.05) is 0 Å². The molecule has 3 fully saturated rings. The molecule has 6 heteroatoms. The molecule has 0 unspecified atom stereocenters. The van der Waals surface area contributed by atoms with E-state index < -0.39 is 8.60 Å². The van der Waals surface area contributed by atoms with Crippen LogP contribution in [0, 0.1) is 5.41 Å². The van der Waals surface area contributed by atoms with Crippen LogP contribution in [-0.4, -0.2) is 32.4 Å². The van der Waals surface area contributed by atoms with Gasteiger partial charge in [0.25, 0.3) is 0 Å². The number of ether oxygens (including phenoxy) is 1. The molecule has 3 rings (SSSR count). The summed E-state index contributed by atoms with van der Waals surface area (Å²) in [5.74, 6) is -0.102. The normalized spacial score (nSPS) is 22.0. The van der Waals surface area contributed by atoms with Crippen molar-refractivity contribution in [2.45, 2.75) is 135 Å². The third-order valence-electron chi connectivity index (χ3n) is 6.95. The van der Waals surface area contributed by atoms with Crippen molar-refractivity contribution in [3.8, 4) is 0 Å². The summed E-state index contributed by atoms with van der Waals surface area (Å²) in [7, 11) is -1.13. The molecule has 0 aromatic heterocycles. The Labute approximate surface area is 205 Å². The quantitative estimate of drug-likeness (QED) is 0.0870. The largest absolute Gasteiger partial charge is 0.465 e. The SMILES string of the molecule is CCCCCCCCCCCCCCCCCCCCCC(=O)OCC12COP(OC1)OC2. The number of hydrogen-bond donors (Lipinski definition) is 0. The van der Waals surface area contributed by atoms with Gasteiger partial charge in [0.1, 0.15) is 6.61 Å². The molecule has 0 radical (unpaired) electrons. The van der Waals surface area contributed by atoms with Crippen LogP contribution >= 0.6 is 8.60 Å². The molecule has 3 aliphatic heterocycles. The Bertz CT molecular complexity index is 465. The van der Waals surface area contributed by atoms with E-state index in [0.29, 0.717) is 32.8 Å². The molecule has 0 saturated carbocycles. The minimum absolute atomic E-state index is 0.102. The van der Waals surface area contributed by atoms with E-state index in [0.717, 1.165) is 12.8 Å². The first-order valence-corrected chi connectivity index (χ1v) is 15.2. The second-order valence-electron chi connectivity index (χ2n) is 10.3. The summed E-state index contributed by atoms with van der Waals surface area (Å²) >= 11 is 0. The molecule has 3 saturated heterocycles. The van der Waals surface area contributed by atoms with Gasteiger partial charge in [0, 0.05) is 6.42 Å². The summed E-state index contributed by atoms with van der Waals surface area (Å²) in [6.07, 6.45) is 26.4. The van der Waals surface area contributed by atoms with E-state index in [9.17, 15) is 4.79 Å². The molecule has 5 nitrogen and oxygen atoms in total. The second-order valence-corrected chi connectivity index (χ2v) is 11.5. The Hall–Kier alpha value is -0.220. The van der Waals surface area contributed by atoms with Gasteiger partial charge in [-0.05, 0) is 6.42 Å². The number of hydrogen-bond acceptors (Lipinski definition) is 5. The molecule has 2 bridgehead atoms. The monoisotopic (exact) mass is 486 g/mol. The highest BCUT2D eigenvalue weighted by Crippen LogP contribution is 2.53. The Morgan fingerprint density at radius 1 is 0.636 bits per heavy atom. The average Bonchev–Trinajstić information content (AvgIpc) is 2.85. The molecule has 0 atom stereocenters. The van der Waals surface area contributed by atoms with Crippen LogP contribution in [0.15, 0.2) is 0 Å². The van der Waals surface area contributed by atoms with Crippen LogP contribution in [0.4, 0.5) is 0 Å². The third-order valence-corrected chi connectivity index (χ3v) is 7.97. The van der Waals surface area contributed by atoms with E-state index in [2.05, 4.69) is 6.92 Å². The Balaban J connectivity index is 1.25. The fraction of sp³-hybridized carbons (Fsp3) is 0.963. The number of carbonyl (C=O) groups is 1. The minimum atomic E-state index is -1.13. The van der Waals surface area contributed by atoms with Crippen molar-refractivity contribution >= 4 is 14.6 Å². The standard InChI is InChI=1S/C27H51O5P/c1-2-3-4-5-6-7-8-9-10-11-12-13-14-15-16-17-18-19-20-21-26(28)29-22-27-23-30-33(31-24-27)32-25-27/h2-25H2,1H3. The minimum Gasteiger partial charge on any atom is -0.465 e. The van der Waals surface area contributed by atoms with Crippen molar-refractivity contribution in [3.63, 3.8) is 0 Å². The maximum atomic E-state index is 12.0. The lowest BCUT2D eigenvalue weighted by Crippen LogP contribution is -2.47. The lowest BCUT2D eigenvalue weighted by molar-refractivity contribution is -0.157. The highest BCUT2D eigenvalue weighted by molar-refractivity contribution is 7.41. The van der Waals surface area contributed by atoms with Gasteiger partial charge in [-0.1, -0.05) is 122 Å². The summed E-state index contributed by atoms with van der Waals surface area (Å²) in [5, 5.41) is 0. The predicted molar refractivity (Wildman–Crippen MR) is 136 cm³/mol. The van der Waals surface area contributed by atoms with E-state index in [4.69, 9.17) is 18.3 Å². The molecular formula is C27H51O5P. The lowest BCUT2D eigenvalue weighted by atomic mass is 9.92. The maximum Gasteiger partial charge on any atom is 0.332 e. The van der Waals surface area contributed by atoms with Crippen LogP contribution in [0.1, 0.15) is 135 Å². The van der Waals surface area contributed by atoms with E-state index in [1.165, 1.54) is 109 Å². The lowest BCUT2D eigenvalue weighted by Gasteiger charge is -2.43. The van der Waals surface area contributed by atoms with Gasteiger partial charge in [-0.25, -0.2) is 0 Å². The van der Waals surface area contributed by atoms with Crippen molar-refractivity contribution in [3.05, 3.63) is 0 Å². The molecular weight excluding hydrogens is 435 g/mol. The summed E-state index contributed by atoms with van der Waals surface area (Å²) in [6, 6.07) is 0. The molecule has 0 aromatic rings. The van der Waals surface area contributed by atoms with Gasteiger partial charge in [-0.2, -0.15) is 0 Å². The zero-order valence-corrected chi connectivity index (χ0v) is 22.4. The van der Waals surface area contributed by atoms with Crippen molar-refractivity contribution in [2.24, 2.45) is 5.41 Å². The second kappa shape index (κ2) is 19.0. The first-order valence-electron chi connectivity index (χ1n) is 14.1. The van der Waals surface area contributed by atoms with Crippen molar-refractivity contribution in [1.29, 1.82) is 0 Å². The van der Waals surface area contributed by atoms with Crippen LogP contribution in [0.25, 0.3) is 0 Å². The number of rotatable bonds is 22. The Morgan fingerprint density at radius 3 is 1.39 bits per heavy atom. The molecule has 0 aliphatic carbocycles. The van der Waals surface area contributed by atoms with Crippen LogP contribution in [-0.2, 0) is 23.1 Å². The van der Waals surface area contributed by atoms with Gasteiger partial charge in [-0.3, -0.25) is 4.79 Å². The number of esters is 1. The molecule has 3 heterocycles. The third kappa shape index (κ3) is 14.1. The van der Waals surface area contributed by atoms with Crippen molar-refractivity contribution < 1.29 is 23.1 Å². The summed E-state index contributed by atoms with van der Waals surface area (Å²) in [4.78, 5) is 12.0. The van der Waals surface area contributed by atoms with Crippen LogP contribution in [0.3, 0.4) is 0 Å². The molecule has 3 aliphatic rings. The highest BCUT2D eigenvalue weighted by atomic mass is 31.2. The topological polar surface area (TPSA) is 54.0 Å². The first-order chi connectivity index (χ1) is 16.2. The Kier molecular flexibility index (Phi) is 16.7. The molecule has 0 amide bonds. The van der Waals surface area contributed by atoms with Gasteiger partial charge in [0.15, 0.2) is 0 Å².